The van der Waals surface area contributed by atoms with Gasteiger partial charge in [-0.15, -0.1) is 0 Å². The Bertz CT molecular complexity index is 3010. The summed E-state index contributed by atoms with van der Waals surface area (Å²) in [6, 6.07) is 74.2. The van der Waals surface area contributed by atoms with Gasteiger partial charge in [0.15, 0.2) is 0 Å². The van der Waals surface area contributed by atoms with Crippen LogP contribution >= 0.6 is 0 Å². The van der Waals surface area contributed by atoms with Crippen LogP contribution in [-0.4, -0.2) is 12.6 Å². The van der Waals surface area contributed by atoms with Gasteiger partial charge in [-0.05, 0) is 99.0 Å². The molecule has 0 amide bonds. The lowest BCUT2D eigenvalue weighted by Gasteiger charge is -2.39. The second kappa shape index (κ2) is 14.0. The summed E-state index contributed by atoms with van der Waals surface area (Å²) in [7, 11) is 0. The van der Waals surface area contributed by atoms with Crippen molar-refractivity contribution in [3.05, 3.63) is 217 Å². The Morgan fingerprint density at radius 3 is 1.97 bits per heavy atom. The minimum atomic E-state index is -0.147. The van der Waals surface area contributed by atoms with Crippen LogP contribution in [0.25, 0.3) is 32.7 Å². The van der Waals surface area contributed by atoms with E-state index in [0.29, 0.717) is 0 Å². The van der Waals surface area contributed by atoms with Crippen molar-refractivity contribution in [2.24, 2.45) is 4.99 Å². The van der Waals surface area contributed by atoms with Gasteiger partial charge in [-0.2, -0.15) is 0 Å². The van der Waals surface area contributed by atoms with Crippen molar-refractivity contribution in [2.75, 3.05) is 15.0 Å². The van der Waals surface area contributed by atoms with E-state index in [-0.39, 0.29) is 12.9 Å². The minimum absolute atomic E-state index is 0.0514. The molecular weight excluding hydrogens is 703 g/mol. The summed E-state index contributed by atoms with van der Waals surface area (Å²) in [5.74, 6) is 0. The molecule has 0 saturated heterocycles. The summed E-state index contributed by atoms with van der Waals surface area (Å²) in [6.45, 7) is 2.37. The van der Waals surface area contributed by atoms with Gasteiger partial charge >= 0.3 is 0 Å². The summed E-state index contributed by atoms with van der Waals surface area (Å²) >= 11 is 0. The predicted octanol–water partition coefficient (Wildman–Crippen LogP) is 13.4. The van der Waals surface area contributed by atoms with E-state index in [1.807, 2.05) is 0 Å². The van der Waals surface area contributed by atoms with Gasteiger partial charge in [-0.1, -0.05) is 152 Å². The zero-order valence-electron chi connectivity index (χ0n) is 32.1. The second-order valence-corrected chi connectivity index (χ2v) is 15.2. The third-order valence-corrected chi connectivity index (χ3v) is 11.9. The van der Waals surface area contributed by atoms with E-state index in [9.17, 15) is 0 Å². The number of anilines is 6. The van der Waals surface area contributed by atoms with Crippen LogP contribution in [-0.2, 0) is 0 Å². The van der Waals surface area contributed by atoms with E-state index in [2.05, 4.69) is 228 Å². The predicted molar refractivity (Wildman–Crippen MR) is 247 cm³/mol. The number of rotatable bonds is 6. The van der Waals surface area contributed by atoms with Crippen molar-refractivity contribution in [1.29, 1.82) is 0 Å². The SMILES string of the molecule is CB1c2cc3c(cc2-c2cc(N(c4ccccc4)c4cccc5ccccc45)ccc2N1c1ccccc1)NC(c1cccc2ccccc12)C(c1ccccc1)=N3. The average molecular weight is 743 g/mol. The number of nitrogens with zero attached hydrogens (tertiary/aromatic N) is 3. The maximum atomic E-state index is 5.56. The highest BCUT2D eigenvalue weighted by Crippen LogP contribution is 2.48. The molecule has 1 atom stereocenters. The van der Waals surface area contributed by atoms with E-state index in [1.165, 1.54) is 49.4 Å². The molecule has 0 bridgehead atoms. The van der Waals surface area contributed by atoms with E-state index in [1.54, 1.807) is 0 Å². The number of para-hydroxylation sites is 2. The van der Waals surface area contributed by atoms with Crippen molar-refractivity contribution >= 4 is 79.4 Å². The van der Waals surface area contributed by atoms with E-state index in [4.69, 9.17) is 4.99 Å². The molecule has 2 heterocycles. The fourth-order valence-corrected chi connectivity index (χ4v) is 9.17. The Morgan fingerprint density at radius 1 is 0.552 bits per heavy atom. The summed E-state index contributed by atoms with van der Waals surface area (Å²) in [4.78, 5) is 10.4. The molecule has 1 N–H and O–H groups in total. The summed E-state index contributed by atoms with van der Waals surface area (Å²) in [6.07, 6.45) is 0. The van der Waals surface area contributed by atoms with Gasteiger partial charge in [0.05, 0.1) is 28.8 Å². The third-order valence-electron chi connectivity index (χ3n) is 11.9. The smallest absolute Gasteiger partial charge is 0.291 e. The van der Waals surface area contributed by atoms with Crippen LogP contribution in [0.2, 0.25) is 6.82 Å². The number of nitrogens with one attached hydrogen (secondary N) is 1. The topological polar surface area (TPSA) is 30.9 Å². The van der Waals surface area contributed by atoms with E-state index in [0.717, 1.165) is 45.4 Å². The van der Waals surface area contributed by atoms with Gasteiger partial charge in [0.25, 0.3) is 6.85 Å². The van der Waals surface area contributed by atoms with Crippen LogP contribution in [0.4, 0.5) is 39.8 Å². The summed E-state index contributed by atoms with van der Waals surface area (Å²) < 4.78 is 0. The first-order valence-corrected chi connectivity index (χ1v) is 20.1. The van der Waals surface area contributed by atoms with Gasteiger partial charge in [0.2, 0.25) is 0 Å². The largest absolute Gasteiger partial charge is 0.381 e. The first-order valence-electron chi connectivity index (χ1n) is 20.1. The van der Waals surface area contributed by atoms with E-state index < -0.39 is 0 Å². The molecule has 0 aliphatic carbocycles. The molecule has 4 nitrogen and oxygen atoms in total. The van der Waals surface area contributed by atoms with Crippen molar-refractivity contribution < 1.29 is 0 Å². The fourth-order valence-electron chi connectivity index (χ4n) is 9.17. The van der Waals surface area contributed by atoms with Crippen molar-refractivity contribution in [3.8, 4) is 11.1 Å². The lowest BCUT2D eigenvalue weighted by molar-refractivity contribution is 1.03. The molecule has 9 aromatic carbocycles. The zero-order valence-corrected chi connectivity index (χ0v) is 32.1. The molecule has 0 radical (unpaired) electrons. The Kier molecular flexibility index (Phi) is 8.18. The first kappa shape index (κ1) is 33.9. The molecule has 0 saturated carbocycles. The van der Waals surface area contributed by atoms with Crippen molar-refractivity contribution in [1.82, 2.24) is 0 Å². The summed E-state index contributed by atoms with van der Waals surface area (Å²) in [5.41, 5.74) is 14.6. The van der Waals surface area contributed by atoms with Gasteiger partial charge in [-0.25, -0.2) is 4.99 Å². The molecule has 0 aromatic heterocycles. The molecule has 58 heavy (non-hydrogen) atoms. The van der Waals surface area contributed by atoms with Gasteiger partial charge in [0, 0.05) is 33.7 Å². The molecule has 5 heteroatoms. The number of hydrogen-bond acceptors (Lipinski definition) is 4. The molecule has 2 aliphatic heterocycles. The molecule has 11 rings (SSSR count). The fraction of sp³-hybridized carbons (Fsp3) is 0.0377. The quantitative estimate of drug-likeness (QED) is 0.172. The standard InChI is InChI=1S/C53H39BN4/c1-54-47-35-49-48(56-53(52(55-49)38-19-5-2-6-20-38)44-29-15-21-36-17-11-13-27-42(36)44)34-45(47)46-33-41(31-32-51(46)58(54)40-25-9-4-10-26-40)57(39-23-7-3-8-24-39)50-30-16-22-37-18-12-14-28-43(37)50/h2-35,53,56H,1H3. The zero-order chi connectivity index (χ0) is 38.6. The highest BCUT2D eigenvalue weighted by Gasteiger charge is 2.36. The molecule has 9 aromatic rings. The van der Waals surface area contributed by atoms with Crippen LogP contribution in [0.1, 0.15) is 17.2 Å². The minimum Gasteiger partial charge on any atom is -0.381 e. The normalized spacial score (nSPS) is 14.3. The summed E-state index contributed by atoms with van der Waals surface area (Å²) in [5, 5.41) is 8.91. The maximum absolute atomic E-state index is 5.56. The average Bonchev–Trinajstić information content (AvgIpc) is 3.29. The van der Waals surface area contributed by atoms with Gasteiger partial charge < -0.3 is 15.0 Å². The van der Waals surface area contributed by atoms with Crippen LogP contribution in [0.3, 0.4) is 0 Å². The lowest BCUT2D eigenvalue weighted by Crippen LogP contribution is -2.47. The highest BCUT2D eigenvalue weighted by atomic mass is 15.1. The number of benzene rings is 9. The lowest BCUT2D eigenvalue weighted by atomic mass is 9.52. The second-order valence-electron chi connectivity index (χ2n) is 15.2. The third kappa shape index (κ3) is 5.66. The Labute approximate surface area is 339 Å². The van der Waals surface area contributed by atoms with Gasteiger partial charge in [0.1, 0.15) is 0 Å². The Hall–Kier alpha value is -7.37. The Morgan fingerprint density at radius 2 is 1.19 bits per heavy atom. The molecule has 274 valence electrons. The van der Waals surface area contributed by atoms with Crippen molar-refractivity contribution in [2.45, 2.75) is 12.9 Å². The number of aliphatic imine (C=N–C) groups is 1. The van der Waals surface area contributed by atoms with Crippen molar-refractivity contribution in [3.63, 3.8) is 0 Å². The maximum Gasteiger partial charge on any atom is 0.291 e. The van der Waals surface area contributed by atoms with Crippen LogP contribution in [0, 0.1) is 0 Å². The Balaban J connectivity index is 1.13. The molecular formula is C53H39BN4. The first-order chi connectivity index (χ1) is 28.7. The molecule has 0 fully saturated rings. The number of hydrogen-bond donors (Lipinski definition) is 1. The van der Waals surface area contributed by atoms with Crippen LogP contribution in [0.5, 0.6) is 0 Å². The molecule has 0 spiro atoms. The monoisotopic (exact) mass is 742 g/mol. The van der Waals surface area contributed by atoms with Crippen LogP contribution < -0.4 is 20.5 Å². The van der Waals surface area contributed by atoms with E-state index >= 15 is 0 Å². The highest BCUT2D eigenvalue weighted by molar-refractivity contribution is 6.79. The van der Waals surface area contributed by atoms with Crippen LogP contribution in [0.15, 0.2) is 211 Å². The number of fused-ring (bicyclic) bond motifs is 6. The van der Waals surface area contributed by atoms with Gasteiger partial charge in [-0.3, -0.25) is 0 Å². The molecule has 2 aliphatic rings. The molecule has 1 unspecified atom stereocenters.